The summed E-state index contributed by atoms with van der Waals surface area (Å²) >= 11 is 2.38. The van der Waals surface area contributed by atoms with E-state index in [1.54, 1.807) is 0 Å². The van der Waals surface area contributed by atoms with Crippen LogP contribution >= 0.6 is 11.8 Å². The van der Waals surface area contributed by atoms with Crippen LogP contribution in [0.5, 0.6) is 0 Å². The smallest absolute Gasteiger partial charge is 0.0594 e. The van der Waals surface area contributed by atoms with Gasteiger partial charge in [-0.25, -0.2) is 0 Å². The van der Waals surface area contributed by atoms with E-state index in [1.165, 1.54) is 51.4 Å². The fourth-order valence-electron chi connectivity index (χ4n) is 5.35. The van der Waals surface area contributed by atoms with E-state index in [9.17, 15) is 0 Å². The average molecular weight is 369 g/mol. The van der Waals surface area contributed by atoms with Gasteiger partial charge in [0.05, 0.1) is 26.4 Å². The van der Waals surface area contributed by atoms with Crippen molar-refractivity contribution in [3.8, 4) is 0 Å². The first kappa shape index (κ1) is 18.5. The van der Waals surface area contributed by atoms with Crippen molar-refractivity contribution < 1.29 is 9.47 Å². The molecule has 4 nitrogen and oxygen atoms in total. The van der Waals surface area contributed by atoms with Gasteiger partial charge in [-0.05, 0) is 25.7 Å². The third kappa shape index (κ3) is 4.73. The van der Waals surface area contributed by atoms with Gasteiger partial charge >= 0.3 is 0 Å². The number of ether oxygens (including phenoxy) is 2. The zero-order valence-electron chi connectivity index (χ0n) is 15.7. The van der Waals surface area contributed by atoms with E-state index >= 15 is 0 Å². The molecule has 2 saturated carbocycles. The molecule has 0 amide bonds. The summed E-state index contributed by atoms with van der Waals surface area (Å²) in [5.41, 5.74) is 0. The molecule has 5 heteroatoms. The van der Waals surface area contributed by atoms with E-state index in [4.69, 9.17) is 9.47 Å². The lowest BCUT2D eigenvalue weighted by atomic mass is 9.92. The monoisotopic (exact) mass is 368 g/mol. The number of thioether (sulfide) groups is 1. The summed E-state index contributed by atoms with van der Waals surface area (Å²) in [5.74, 6) is 0. The normalized spacial score (nSPS) is 39.4. The Morgan fingerprint density at radius 2 is 0.960 bits per heavy atom. The predicted molar refractivity (Wildman–Crippen MR) is 104 cm³/mol. The third-order valence-electron chi connectivity index (χ3n) is 6.71. The van der Waals surface area contributed by atoms with Crippen LogP contribution in [0.4, 0.5) is 0 Å². The highest BCUT2D eigenvalue weighted by molar-refractivity contribution is 8.00. The van der Waals surface area contributed by atoms with Gasteiger partial charge < -0.3 is 9.47 Å². The Morgan fingerprint density at radius 3 is 1.40 bits per heavy atom. The first-order valence-corrected chi connectivity index (χ1v) is 11.6. The second-order valence-electron chi connectivity index (χ2n) is 8.21. The van der Waals surface area contributed by atoms with Gasteiger partial charge in [0.1, 0.15) is 0 Å². The molecular weight excluding hydrogens is 332 g/mol. The molecule has 2 aliphatic heterocycles. The van der Waals surface area contributed by atoms with Crippen molar-refractivity contribution in [2.75, 3.05) is 52.6 Å². The Kier molecular flexibility index (Phi) is 6.98. The van der Waals surface area contributed by atoms with Gasteiger partial charge in [-0.1, -0.05) is 25.7 Å². The molecule has 4 unspecified atom stereocenters. The van der Waals surface area contributed by atoms with Crippen molar-refractivity contribution in [3.63, 3.8) is 0 Å². The maximum Gasteiger partial charge on any atom is 0.0594 e. The van der Waals surface area contributed by atoms with E-state index in [-0.39, 0.29) is 0 Å². The predicted octanol–water partition coefficient (Wildman–Crippen LogP) is 3.01. The van der Waals surface area contributed by atoms with Gasteiger partial charge in [0.15, 0.2) is 0 Å². The molecule has 25 heavy (non-hydrogen) atoms. The van der Waals surface area contributed by atoms with Crippen molar-refractivity contribution in [1.82, 2.24) is 9.80 Å². The second-order valence-corrected chi connectivity index (χ2v) is 9.70. The van der Waals surface area contributed by atoms with Gasteiger partial charge in [0.25, 0.3) is 0 Å². The molecule has 0 spiro atoms. The molecule has 0 bridgehead atoms. The van der Waals surface area contributed by atoms with Crippen LogP contribution in [0.1, 0.15) is 51.4 Å². The minimum atomic E-state index is 0.801. The fourth-order valence-corrected chi connectivity index (χ4v) is 7.38. The van der Waals surface area contributed by atoms with Crippen LogP contribution in [0.3, 0.4) is 0 Å². The summed E-state index contributed by atoms with van der Waals surface area (Å²) < 4.78 is 11.2. The van der Waals surface area contributed by atoms with Gasteiger partial charge in [0, 0.05) is 48.8 Å². The number of morpholine rings is 2. The van der Waals surface area contributed by atoms with Crippen molar-refractivity contribution in [3.05, 3.63) is 0 Å². The summed E-state index contributed by atoms with van der Waals surface area (Å²) in [6.45, 7) is 8.36. The minimum absolute atomic E-state index is 0.801. The van der Waals surface area contributed by atoms with Crippen molar-refractivity contribution in [2.45, 2.75) is 74.0 Å². The number of nitrogens with zero attached hydrogens (tertiary/aromatic N) is 2. The lowest BCUT2D eigenvalue weighted by Gasteiger charge is -2.46. The molecular formula is C20H36N2O2S. The van der Waals surface area contributed by atoms with Crippen LogP contribution in [0, 0.1) is 0 Å². The highest BCUT2D eigenvalue weighted by Gasteiger charge is 2.37. The van der Waals surface area contributed by atoms with Crippen molar-refractivity contribution >= 4 is 11.8 Å². The van der Waals surface area contributed by atoms with Crippen LogP contribution in [0.25, 0.3) is 0 Å². The summed E-state index contributed by atoms with van der Waals surface area (Å²) in [5, 5.41) is 1.69. The average Bonchev–Trinajstić information content (AvgIpc) is 2.70. The molecule has 4 atom stereocenters. The standard InChI is InChI=1S/C20H36N2O2S/c1-3-7-19(17(5-1)21-9-13-23-14-10-21)25-20-8-4-2-6-18(20)22-11-15-24-16-12-22/h17-20H,1-16H2. The van der Waals surface area contributed by atoms with Crippen LogP contribution in [-0.4, -0.2) is 85.0 Å². The molecule has 0 radical (unpaired) electrons. The first-order valence-electron chi connectivity index (χ1n) is 10.7. The van der Waals surface area contributed by atoms with Crippen molar-refractivity contribution in [2.24, 2.45) is 0 Å². The zero-order chi connectivity index (χ0) is 16.9. The highest BCUT2D eigenvalue weighted by Crippen LogP contribution is 2.40. The molecule has 0 aromatic carbocycles. The molecule has 4 rings (SSSR count). The molecule has 0 N–H and O–H groups in total. The summed E-state index contributed by atoms with van der Waals surface area (Å²) in [6.07, 6.45) is 11.4. The Hall–Kier alpha value is 0.190. The van der Waals surface area contributed by atoms with Crippen LogP contribution in [0.2, 0.25) is 0 Å². The quantitative estimate of drug-likeness (QED) is 0.760. The minimum Gasteiger partial charge on any atom is -0.379 e. The molecule has 144 valence electrons. The fraction of sp³-hybridized carbons (Fsp3) is 1.00. The number of rotatable bonds is 4. The van der Waals surface area contributed by atoms with Crippen LogP contribution in [-0.2, 0) is 9.47 Å². The van der Waals surface area contributed by atoms with Crippen molar-refractivity contribution in [1.29, 1.82) is 0 Å². The lowest BCUT2D eigenvalue weighted by Crippen LogP contribution is -2.52. The third-order valence-corrected chi connectivity index (χ3v) is 8.51. The zero-order valence-corrected chi connectivity index (χ0v) is 16.6. The number of hydrogen-bond acceptors (Lipinski definition) is 5. The van der Waals surface area contributed by atoms with Gasteiger partial charge in [0.2, 0.25) is 0 Å². The Labute approximate surface area is 158 Å². The molecule has 0 aromatic heterocycles. The van der Waals surface area contributed by atoms with E-state index < -0.39 is 0 Å². The second kappa shape index (κ2) is 9.41. The Balaban J connectivity index is 1.40. The summed E-state index contributed by atoms with van der Waals surface area (Å²) in [4.78, 5) is 5.51. The van der Waals surface area contributed by atoms with Gasteiger partial charge in [-0.3, -0.25) is 9.80 Å². The maximum atomic E-state index is 5.61. The lowest BCUT2D eigenvalue weighted by molar-refractivity contribution is 0.00790. The molecule has 2 saturated heterocycles. The summed E-state index contributed by atoms with van der Waals surface area (Å²) in [7, 11) is 0. The first-order chi connectivity index (χ1) is 12.4. The van der Waals surface area contributed by atoms with E-state index in [1.807, 2.05) is 0 Å². The Morgan fingerprint density at radius 1 is 0.560 bits per heavy atom. The van der Waals surface area contributed by atoms with Gasteiger partial charge in [-0.2, -0.15) is 11.8 Å². The molecule has 2 aliphatic carbocycles. The molecule has 0 aromatic rings. The SMILES string of the molecule is C1CCC(N2CCOCC2)C(SC2CCCCC2N2CCOCC2)C1. The van der Waals surface area contributed by atoms with Crippen LogP contribution < -0.4 is 0 Å². The highest BCUT2D eigenvalue weighted by atomic mass is 32.2. The van der Waals surface area contributed by atoms with E-state index in [0.29, 0.717) is 0 Å². The number of hydrogen-bond donors (Lipinski definition) is 0. The van der Waals surface area contributed by atoms with Crippen LogP contribution in [0.15, 0.2) is 0 Å². The van der Waals surface area contributed by atoms with E-state index in [0.717, 1.165) is 75.2 Å². The molecule has 4 fully saturated rings. The maximum absolute atomic E-state index is 5.61. The topological polar surface area (TPSA) is 24.9 Å². The molecule has 4 aliphatic rings. The van der Waals surface area contributed by atoms with Gasteiger partial charge in [-0.15, -0.1) is 0 Å². The molecule has 2 heterocycles. The summed E-state index contributed by atoms with van der Waals surface area (Å²) in [6, 6.07) is 1.60. The largest absolute Gasteiger partial charge is 0.379 e. The van der Waals surface area contributed by atoms with E-state index in [2.05, 4.69) is 21.6 Å². The Bertz CT molecular complexity index is 363.